The number of unbranched alkanes of at least 4 members (excludes halogenated alkanes) is 1. The van der Waals surface area contributed by atoms with Gasteiger partial charge in [-0.25, -0.2) is 4.98 Å². The fraction of sp³-hybridized carbons (Fsp3) is 0.429. The third-order valence-electron chi connectivity index (χ3n) is 2.92. The van der Waals surface area contributed by atoms with Gasteiger partial charge in [-0.2, -0.15) is 0 Å². The molecule has 108 valence electrons. The van der Waals surface area contributed by atoms with Gasteiger partial charge in [0, 0.05) is 25.5 Å². The second kappa shape index (κ2) is 6.91. The lowest BCUT2D eigenvalue weighted by molar-refractivity contribution is -0.123. The Balaban J connectivity index is 1.99. The Morgan fingerprint density at radius 2 is 2.40 bits per heavy atom. The average molecular weight is 276 g/mol. The number of pyridine rings is 1. The lowest BCUT2D eigenvalue weighted by Crippen LogP contribution is -2.29. The van der Waals surface area contributed by atoms with Gasteiger partial charge in [0.2, 0.25) is 0 Å². The number of aromatic nitrogens is 2. The van der Waals surface area contributed by atoms with Gasteiger partial charge in [-0.05, 0) is 18.6 Å². The molecule has 2 aromatic heterocycles. The van der Waals surface area contributed by atoms with Gasteiger partial charge in [0.1, 0.15) is 0 Å². The van der Waals surface area contributed by atoms with E-state index < -0.39 is 0 Å². The molecule has 3 N–H and O–H groups in total. The maximum atomic E-state index is 11.6. The van der Waals surface area contributed by atoms with Crippen LogP contribution in [0.3, 0.4) is 0 Å². The zero-order valence-corrected chi connectivity index (χ0v) is 11.6. The number of nitrogens with one attached hydrogen (secondary N) is 1. The molecule has 0 aromatic carbocycles. The zero-order chi connectivity index (χ0) is 14.4. The minimum atomic E-state index is -0.119. The number of ether oxygens (including phenoxy) is 1. The summed E-state index contributed by atoms with van der Waals surface area (Å²) < 4.78 is 7.37. The van der Waals surface area contributed by atoms with Crippen molar-refractivity contribution in [3.63, 3.8) is 0 Å². The van der Waals surface area contributed by atoms with Crippen molar-refractivity contribution < 1.29 is 9.53 Å². The van der Waals surface area contributed by atoms with Crippen molar-refractivity contribution in [3.8, 4) is 5.75 Å². The van der Waals surface area contributed by atoms with Crippen molar-refractivity contribution in [2.75, 3.05) is 13.2 Å². The first-order chi connectivity index (χ1) is 9.74. The summed E-state index contributed by atoms with van der Waals surface area (Å²) in [5, 5.41) is 2.81. The molecule has 1 amide bonds. The molecule has 0 spiro atoms. The lowest BCUT2D eigenvalue weighted by Gasteiger charge is -2.07. The third-order valence-corrected chi connectivity index (χ3v) is 2.92. The van der Waals surface area contributed by atoms with E-state index in [1.54, 1.807) is 6.07 Å². The molecule has 0 aliphatic heterocycles. The van der Waals surface area contributed by atoms with E-state index in [4.69, 9.17) is 10.5 Å². The fourth-order valence-corrected chi connectivity index (χ4v) is 1.85. The summed E-state index contributed by atoms with van der Waals surface area (Å²) in [5.41, 5.74) is 7.03. The Hall–Kier alpha value is -2.08. The second-order valence-electron chi connectivity index (χ2n) is 4.53. The van der Waals surface area contributed by atoms with E-state index in [1.807, 2.05) is 22.9 Å². The monoisotopic (exact) mass is 276 g/mol. The predicted octanol–water partition coefficient (Wildman–Crippen LogP) is 1.09. The highest BCUT2D eigenvalue weighted by Crippen LogP contribution is 2.18. The molecule has 0 saturated carbocycles. The number of rotatable bonds is 7. The SMILES string of the molecule is CCCCNC(=O)COc1cccn2cc(CN)nc12. The number of nitrogens with two attached hydrogens (primary N) is 1. The van der Waals surface area contributed by atoms with Crippen LogP contribution in [0.25, 0.3) is 5.65 Å². The molecular weight excluding hydrogens is 256 g/mol. The molecule has 0 fully saturated rings. The fourth-order valence-electron chi connectivity index (χ4n) is 1.85. The molecule has 0 aliphatic rings. The average Bonchev–Trinajstić information content (AvgIpc) is 2.89. The molecule has 20 heavy (non-hydrogen) atoms. The molecule has 2 aromatic rings. The van der Waals surface area contributed by atoms with Gasteiger partial charge < -0.3 is 20.2 Å². The van der Waals surface area contributed by atoms with Crippen molar-refractivity contribution in [2.45, 2.75) is 26.3 Å². The number of carbonyl (C=O) groups is 1. The van der Waals surface area contributed by atoms with Gasteiger partial charge in [-0.1, -0.05) is 13.3 Å². The smallest absolute Gasteiger partial charge is 0.257 e. The van der Waals surface area contributed by atoms with Crippen molar-refractivity contribution in [1.29, 1.82) is 0 Å². The minimum absolute atomic E-state index is 0.00575. The summed E-state index contributed by atoms with van der Waals surface area (Å²) in [5.74, 6) is 0.462. The van der Waals surface area contributed by atoms with Gasteiger partial charge in [0.05, 0.1) is 5.69 Å². The Labute approximate surface area is 117 Å². The Morgan fingerprint density at radius 3 is 3.15 bits per heavy atom. The molecule has 0 radical (unpaired) electrons. The van der Waals surface area contributed by atoms with E-state index in [0.717, 1.165) is 18.5 Å². The Morgan fingerprint density at radius 1 is 1.55 bits per heavy atom. The highest BCUT2D eigenvalue weighted by atomic mass is 16.5. The van der Waals surface area contributed by atoms with Gasteiger partial charge in [-0.15, -0.1) is 0 Å². The lowest BCUT2D eigenvalue weighted by atomic mass is 10.3. The Kier molecular flexibility index (Phi) is 4.95. The van der Waals surface area contributed by atoms with Crippen LogP contribution in [0.15, 0.2) is 24.5 Å². The summed E-state index contributed by atoms with van der Waals surface area (Å²) in [6.07, 6.45) is 5.75. The quantitative estimate of drug-likeness (QED) is 0.742. The zero-order valence-electron chi connectivity index (χ0n) is 11.6. The number of nitrogens with zero attached hydrogens (tertiary/aromatic N) is 2. The van der Waals surface area contributed by atoms with E-state index in [9.17, 15) is 4.79 Å². The van der Waals surface area contributed by atoms with Crippen LogP contribution >= 0.6 is 0 Å². The topological polar surface area (TPSA) is 81.6 Å². The first-order valence-corrected chi connectivity index (χ1v) is 6.80. The van der Waals surface area contributed by atoms with Crippen molar-refractivity contribution in [3.05, 3.63) is 30.2 Å². The third kappa shape index (κ3) is 3.48. The van der Waals surface area contributed by atoms with Gasteiger partial charge in [0.25, 0.3) is 5.91 Å². The molecule has 0 atom stereocenters. The minimum Gasteiger partial charge on any atom is -0.480 e. The largest absolute Gasteiger partial charge is 0.480 e. The maximum absolute atomic E-state index is 11.6. The Bertz CT molecular complexity index is 580. The van der Waals surface area contributed by atoms with Crippen molar-refractivity contribution >= 4 is 11.6 Å². The molecule has 6 heteroatoms. The molecule has 0 aliphatic carbocycles. The predicted molar refractivity (Wildman–Crippen MR) is 76.5 cm³/mol. The van der Waals surface area contributed by atoms with Crippen LogP contribution < -0.4 is 15.8 Å². The van der Waals surface area contributed by atoms with Crippen LogP contribution in [0.5, 0.6) is 5.75 Å². The number of amides is 1. The van der Waals surface area contributed by atoms with Crippen LogP contribution in [0.4, 0.5) is 0 Å². The van der Waals surface area contributed by atoms with Crippen LogP contribution in [0, 0.1) is 0 Å². The standard InChI is InChI=1S/C14H20N4O2/c1-2-3-6-16-13(19)10-20-12-5-4-7-18-9-11(8-15)17-14(12)18/h4-5,7,9H,2-3,6,8,10,15H2,1H3,(H,16,19). The molecule has 2 rings (SSSR count). The van der Waals surface area contributed by atoms with Gasteiger partial charge >= 0.3 is 0 Å². The number of hydrogen-bond acceptors (Lipinski definition) is 4. The normalized spacial score (nSPS) is 10.7. The van der Waals surface area contributed by atoms with Crippen molar-refractivity contribution in [2.24, 2.45) is 5.73 Å². The first kappa shape index (κ1) is 14.3. The van der Waals surface area contributed by atoms with Crippen LogP contribution in [-0.2, 0) is 11.3 Å². The van der Waals surface area contributed by atoms with Crippen molar-refractivity contribution in [1.82, 2.24) is 14.7 Å². The van der Waals surface area contributed by atoms with Gasteiger partial charge in [-0.3, -0.25) is 4.79 Å². The summed E-state index contributed by atoms with van der Waals surface area (Å²) >= 11 is 0. The molecule has 0 bridgehead atoms. The number of imidazole rings is 1. The molecule has 2 heterocycles. The number of hydrogen-bond donors (Lipinski definition) is 2. The van der Waals surface area contributed by atoms with E-state index in [0.29, 0.717) is 24.5 Å². The highest BCUT2D eigenvalue weighted by molar-refractivity contribution is 5.77. The van der Waals surface area contributed by atoms with Crippen LogP contribution in [-0.4, -0.2) is 28.4 Å². The maximum Gasteiger partial charge on any atom is 0.257 e. The second-order valence-corrected chi connectivity index (χ2v) is 4.53. The molecule has 0 saturated heterocycles. The highest BCUT2D eigenvalue weighted by Gasteiger charge is 2.08. The molecule has 0 unspecified atom stereocenters. The molecule has 6 nitrogen and oxygen atoms in total. The van der Waals surface area contributed by atoms with Gasteiger partial charge in [0.15, 0.2) is 18.0 Å². The summed E-state index contributed by atoms with van der Waals surface area (Å²) in [6.45, 7) is 3.13. The van der Waals surface area contributed by atoms with Crippen LogP contribution in [0.2, 0.25) is 0 Å². The first-order valence-electron chi connectivity index (χ1n) is 6.80. The molecular formula is C14H20N4O2. The summed E-state index contributed by atoms with van der Waals surface area (Å²) in [4.78, 5) is 16.0. The van der Waals surface area contributed by atoms with E-state index in [1.165, 1.54) is 0 Å². The van der Waals surface area contributed by atoms with E-state index >= 15 is 0 Å². The van der Waals surface area contributed by atoms with E-state index in [2.05, 4.69) is 17.2 Å². The number of fused-ring (bicyclic) bond motifs is 1. The summed E-state index contributed by atoms with van der Waals surface area (Å²) in [7, 11) is 0. The number of carbonyl (C=O) groups excluding carboxylic acids is 1. The van der Waals surface area contributed by atoms with E-state index in [-0.39, 0.29) is 12.5 Å². The summed E-state index contributed by atoms with van der Waals surface area (Å²) in [6, 6.07) is 3.64. The van der Waals surface area contributed by atoms with Crippen LogP contribution in [0.1, 0.15) is 25.5 Å².